The van der Waals surface area contributed by atoms with Gasteiger partial charge in [0.25, 0.3) is 0 Å². The first kappa shape index (κ1) is 16.0. The zero-order valence-corrected chi connectivity index (χ0v) is 12.0. The van der Waals surface area contributed by atoms with Crippen LogP contribution in [0.1, 0.15) is 79.1 Å². The fourth-order valence-corrected chi connectivity index (χ4v) is 2.22. The van der Waals surface area contributed by atoms with Crippen LogP contribution >= 0.6 is 0 Å². The minimum Gasteiger partial charge on any atom is -0.314 e. The Bertz CT molecular complexity index is 131. The molecule has 0 fully saturated rings. The molecule has 1 N–H and O–H groups in total. The van der Waals surface area contributed by atoms with Crippen LogP contribution in [0.25, 0.3) is 0 Å². The van der Waals surface area contributed by atoms with Gasteiger partial charge in [0.15, 0.2) is 0 Å². The van der Waals surface area contributed by atoms with E-state index >= 15 is 0 Å². The molecule has 0 rings (SSSR count). The van der Waals surface area contributed by atoms with Crippen LogP contribution in [-0.4, -0.2) is 12.6 Å². The lowest BCUT2D eigenvalue weighted by Gasteiger charge is -2.20. The highest BCUT2D eigenvalue weighted by Gasteiger charge is 2.09. The second kappa shape index (κ2) is 11.4. The summed E-state index contributed by atoms with van der Waals surface area (Å²) in [5.41, 5.74) is 0. The lowest BCUT2D eigenvalue weighted by molar-refractivity contribution is 0.385. The van der Waals surface area contributed by atoms with Crippen LogP contribution in [0.5, 0.6) is 0 Å². The van der Waals surface area contributed by atoms with Crippen LogP contribution in [-0.2, 0) is 0 Å². The summed E-state index contributed by atoms with van der Waals surface area (Å²) in [4.78, 5) is 0. The number of unbranched alkanes of at least 4 members (excludes halogenated alkanes) is 4. The Morgan fingerprint density at radius 2 is 1.56 bits per heavy atom. The van der Waals surface area contributed by atoms with E-state index in [0.717, 1.165) is 12.0 Å². The van der Waals surface area contributed by atoms with E-state index in [1.165, 1.54) is 57.9 Å². The Balaban J connectivity index is 3.56. The molecule has 0 heterocycles. The summed E-state index contributed by atoms with van der Waals surface area (Å²) in [5, 5.41) is 3.69. The highest BCUT2D eigenvalue weighted by Crippen LogP contribution is 2.13. The van der Waals surface area contributed by atoms with Crippen molar-refractivity contribution in [1.29, 1.82) is 0 Å². The Labute approximate surface area is 103 Å². The van der Waals surface area contributed by atoms with Gasteiger partial charge in [0, 0.05) is 6.04 Å². The molecule has 0 saturated heterocycles. The Morgan fingerprint density at radius 1 is 0.875 bits per heavy atom. The first-order valence-corrected chi connectivity index (χ1v) is 7.44. The third kappa shape index (κ3) is 10.5. The molecule has 98 valence electrons. The normalized spacial score (nSPS) is 13.3. The highest BCUT2D eigenvalue weighted by molar-refractivity contribution is 4.68. The first-order chi connectivity index (χ1) is 7.70. The molecule has 0 aromatic heterocycles. The molecule has 1 atom stereocenters. The summed E-state index contributed by atoms with van der Waals surface area (Å²) in [6, 6.07) is 0.765. The summed E-state index contributed by atoms with van der Waals surface area (Å²) in [7, 11) is 0. The molecule has 0 aliphatic heterocycles. The van der Waals surface area contributed by atoms with Gasteiger partial charge in [0.1, 0.15) is 0 Å². The summed E-state index contributed by atoms with van der Waals surface area (Å²) in [6.07, 6.45) is 11.0. The van der Waals surface area contributed by atoms with Crippen LogP contribution in [0.4, 0.5) is 0 Å². The molecule has 0 aliphatic carbocycles. The van der Waals surface area contributed by atoms with E-state index in [1.54, 1.807) is 0 Å². The molecule has 0 aromatic carbocycles. The van der Waals surface area contributed by atoms with E-state index in [0.29, 0.717) is 0 Å². The van der Waals surface area contributed by atoms with Crippen molar-refractivity contribution in [1.82, 2.24) is 5.32 Å². The molecule has 0 aromatic rings. The zero-order chi connectivity index (χ0) is 12.2. The molecule has 0 radical (unpaired) electrons. The quantitative estimate of drug-likeness (QED) is 0.502. The third-order valence-corrected chi connectivity index (χ3v) is 3.10. The minimum absolute atomic E-state index is 0.765. The minimum atomic E-state index is 0.765. The van der Waals surface area contributed by atoms with Gasteiger partial charge < -0.3 is 5.32 Å². The van der Waals surface area contributed by atoms with Gasteiger partial charge in [-0.15, -0.1) is 0 Å². The van der Waals surface area contributed by atoms with Crippen molar-refractivity contribution in [2.75, 3.05) is 6.54 Å². The van der Waals surface area contributed by atoms with Crippen molar-refractivity contribution in [3.8, 4) is 0 Å². The summed E-state index contributed by atoms with van der Waals surface area (Å²) >= 11 is 0. The lowest BCUT2D eigenvalue weighted by Crippen LogP contribution is -2.31. The molecule has 0 bridgehead atoms. The maximum absolute atomic E-state index is 3.69. The second-order valence-corrected chi connectivity index (χ2v) is 5.48. The second-order valence-electron chi connectivity index (χ2n) is 5.48. The van der Waals surface area contributed by atoms with Crippen molar-refractivity contribution in [3.05, 3.63) is 0 Å². The zero-order valence-electron chi connectivity index (χ0n) is 12.0. The predicted octanol–water partition coefficient (Wildman–Crippen LogP) is 4.76. The number of rotatable bonds is 11. The number of hydrogen-bond donors (Lipinski definition) is 1. The van der Waals surface area contributed by atoms with Crippen LogP contribution in [0.15, 0.2) is 0 Å². The Kier molecular flexibility index (Phi) is 11.4. The molecular formula is C15H33N. The number of hydrogen-bond acceptors (Lipinski definition) is 1. The van der Waals surface area contributed by atoms with E-state index < -0.39 is 0 Å². The maximum atomic E-state index is 3.69. The van der Waals surface area contributed by atoms with Crippen LogP contribution in [0.2, 0.25) is 0 Å². The monoisotopic (exact) mass is 227 g/mol. The van der Waals surface area contributed by atoms with Crippen molar-refractivity contribution < 1.29 is 0 Å². The average Bonchev–Trinajstić information content (AvgIpc) is 2.24. The van der Waals surface area contributed by atoms with Crippen LogP contribution in [0.3, 0.4) is 0 Å². The molecule has 0 amide bonds. The molecule has 16 heavy (non-hydrogen) atoms. The topological polar surface area (TPSA) is 12.0 Å². The third-order valence-electron chi connectivity index (χ3n) is 3.10. The summed E-state index contributed by atoms with van der Waals surface area (Å²) < 4.78 is 0. The van der Waals surface area contributed by atoms with E-state index in [4.69, 9.17) is 0 Å². The van der Waals surface area contributed by atoms with Crippen LogP contribution in [0, 0.1) is 5.92 Å². The number of nitrogens with one attached hydrogen (secondary N) is 1. The Morgan fingerprint density at radius 3 is 2.12 bits per heavy atom. The molecule has 1 nitrogen and oxygen atoms in total. The fourth-order valence-electron chi connectivity index (χ4n) is 2.22. The van der Waals surface area contributed by atoms with Crippen molar-refractivity contribution in [2.45, 2.75) is 85.1 Å². The van der Waals surface area contributed by atoms with Crippen molar-refractivity contribution >= 4 is 0 Å². The van der Waals surface area contributed by atoms with E-state index in [9.17, 15) is 0 Å². The van der Waals surface area contributed by atoms with Gasteiger partial charge in [-0.1, -0.05) is 59.8 Å². The standard InChI is InChI=1S/C15H33N/c1-5-7-8-9-10-11-15(13-14(3)4)16-12-6-2/h14-16H,5-13H2,1-4H3. The SMILES string of the molecule is CCCCCCCC(CC(C)C)NCCC. The fraction of sp³-hybridized carbons (Fsp3) is 1.00. The van der Waals surface area contributed by atoms with Gasteiger partial charge in [-0.2, -0.15) is 0 Å². The van der Waals surface area contributed by atoms with Crippen molar-refractivity contribution in [3.63, 3.8) is 0 Å². The van der Waals surface area contributed by atoms with E-state index in [-0.39, 0.29) is 0 Å². The molecular weight excluding hydrogens is 194 g/mol. The van der Waals surface area contributed by atoms with Gasteiger partial charge >= 0.3 is 0 Å². The summed E-state index contributed by atoms with van der Waals surface area (Å²) in [5.74, 6) is 0.824. The van der Waals surface area contributed by atoms with E-state index in [1.807, 2.05) is 0 Å². The smallest absolute Gasteiger partial charge is 0.00694 e. The Hall–Kier alpha value is -0.0400. The van der Waals surface area contributed by atoms with Gasteiger partial charge in [0.2, 0.25) is 0 Å². The molecule has 0 aliphatic rings. The molecule has 0 spiro atoms. The lowest BCUT2D eigenvalue weighted by atomic mass is 9.98. The van der Waals surface area contributed by atoms with Crippen LogP contribution < -0.4 is 5.32 Å². The highest BCUT2D eigenvalue weighted by atomic mass is 14.9. The van der Waals surface area contributed by atoms with Gasteiger partial charge in [-0.05, 0) is 31.7 Å². The van der Waals surface area contributed by atoms with Crippen molar-refractivity contribution in [2.24, 2.45) is 5.92 Å². The van der Waals surface area contributed by atoms with E-state index in [2.05, 4.69) is 33.0 Å². The van der Waals surface area contributed by atoms with Gasteiger partial charge in [-0.25, -0.2) is 0 Å². The average molecular weight is 227 g/mol. The largest absolute Gasteiger partial charge is 0.314 e. The predicted molar refractivity (Wildman–Crippen MR) is 74.9 cm³/mol. The summed E-state index contributed by atoms with van der Waals surface area (Å²) in [6.45, 7) is 10.4. The first-order valence-electron chi connectivity index (χ1n) is 7.44. The molecule has 1 unspecified atom stereocenters. The van der Waals surface area contributed by atoms with Gasteiger partial charge in [-0.3, -0.25) is 0 Å². The molecule has 1 heteroatoms. The van der Waals surface area contributed by atoms with Gasteiger partial charge in [0.05, 0.1) is 0 Å². The molecule has 0 saturated carbocycles. The maximum Gasteiger partial charge on any atom is 0.00694 e.